The number of nitrogen functional groups attached to an aromatic ring is 2. The van der Waals surface area contributed by atoms with Gasteiger partial charge in [0.15, 0.2) is 47.7 Å². The van der Waals surface area contributed by atoms with E-state index in [1.807, 2.05) is 0 Å². The van der Waals surface area contributed by atoms with Gasteiger partial charge in [0, 0.05) is 31.6 Å². The monoisotopic (exact) mass is 1240 g/mol. The lowest BCUT2D eigenvalue weighted by atomic mass is 10.0. The number of halogens is 1. The molecule has 12 N–H and O–H groups in total. The first-order chi connectivity index (χ1) is 39.5. The van der Waals surface area contributed by atoms with Crippen molar-refractivity contribution in [2.75, 3.05) is 43.1 Å². The summed E-state index contributed by atoms with van der Waals surface area (Å²) < 4.78 is 79.9. The Kier molecular flexibility index (Phi) is 20.5. The Morgan fingerprint density at radius 3 is 2.12 bits per heavy atom. The number of hydrogen-bond acceptors (Lipinski definition) is 24. The second-order valence-electron chi connectivity index (χ2n) is 19.3. The van der Waals surface area contributed by atoms with Crippen molar-refractivity contribution in [3.8, 4) is 0 Å². The minimum Gasteiger partial charge on any atom is -0.455 e. The number of amides is 6. The Labute approximate surface area is 481 Å². The summed E-state index contributed by atoms with van der Waals surface area (Å²) in [6.07, 6.45) is -8.53. The molecule has 450 valence electrons. The highest BCUT2D eigenvalue weighted by molar-refractivity contribution is 8.44. The summed E-state index contributed by atoms with van der Waals surface area (Å²) in [5, 5.41) is 13.2. The molecule has 3 aliphatic rings. The summed E-state index contributed by atoms with van der Waals surface area (Å²) in [6, 6.07) is 3.70. The summed E-state index contributed by atoms with van der Waals surface area (Å²) in [6.45, 7) is -5.39. The summed E-state index contributed by atoms with van der Waals surface area (Å²) >= 11 is 9.55. The number of esters is 1. The molecule has 0 spiro atoms. The number of nitrogens with two attached hydrogens (primary N) is 3. The second-order valence-corrected chi connectivity index (χ2v) is 24.9. The van der Waals surface area contributed by atoms with Gasteiger partial charge < -0.3 is 72.1 Å². The molecule has 1 aromatic carbocycles. The number of primary amides is 1. The van der Waals surface area contributed by atoms with Crippen molar-refractivity contribution in [1.82, 2.24) is 60.3 Å². The van der Waals surface area contributed by atoms with E-state index in [-0.39, 0.29) is 97.6 Å². The van der Waals surface area contributed by atoms with Gasteiger partial charge in [-0.05, 0) is 54.7 Å². The lowest BCUT2D eigenvalue weighted by molar-refractivity contribution is -0.158. The number of benzene rings is 1. The lowest BCUT2D eigenvalue weighted by Crippen LogP contribution is -2.54. The largest absolute Gasteiger partial charge is 0.455 e. The van der Waals surface area contributed by atoms with Crippen molar-refractivity contribution < 1.29 is 79.7 Å². The van der Waals surface area contributed by atoms with Crippen LogP contribution in [0.1, 0.15) is 70.9 Å². The quantitative estimate of drug-likeness (QED) is 0.0231. The van der Waals surface area contributed by atoms with Gasteiger partial charge in [-0.1, -0.05) is 45.2 Å². The number of fused-ring (bicyclic) bond motifs is 4. The SMILES string of the molecule is CCC(=O)N[C@H](C(=O)N[C@@H](CCCNC(N)=O)C(=O)Nc1ccc(CNC(=O)OCCCC(=O)O[C@@H]2[C@@H]3OP(=O)(S)OC[C@H]4O[C@@H](n5cnc6c(N)ncnc65)[C@H](F)[C@@H]4OP(O)(=S)OC[C@H]3O[C@H]2n2cnc3c(N)ncnc32)cc1)C(C)C. The normalized spacial score (nSPS) is 26.1. The number of nitrogens with zero attached hydrogens (tertiary/aromatic N) is 8. The second kappa shape index (κ2) is 27.3. The van der Waals surface area contributed by atoms with E-state index in [1.165, 1.54) is 21.8 Å². The number of rotatable bonds is 20. The van der Waals surface area contributed by atoms with Crippen molar-refractivity contribution in [3.63, 3.8) is 0 Å². The molecule has 3 aliphatic heterocycles. The maximum atomic E-state index is 16.5. The zero-order chi connectivity index (χ0) is 59.8. The molecule has 3 saturated heterocycles. The molecule has 0 aliphatic carbocycles. The number of aromatic nitrogens is 8. The van der Waals surface area contributed by atoms with E-state index in [0.29, 0.717) is 11.3 Å². The number of anilines is 3. The summed E-state index contributed by atoms with van der Waals surface area (Å²) in [4.78, 5) is 113. The van der Waals surface area contributed by atoms with E-state index in [9.17, 15) is 38.2 Å². The number of imidazole rings is 2. The number of alkyl halides is 1. The predicted molar refractivity (Wildman–Crippen MR) is 295 cm³/mol. The number of urea groups is 1. The van der Waals surface area contributed by atoms with Crippen LogP contribution < -0.4 is 43.8 Å². The van der Waals surface area contributed by atoms with E-state index in [0.717, 1.165) is 12.7 Å². The van der Waals surface area contributed by atoms with E-state index < -0.39 is 118 Å². The van der Waals surface area contributed by atoms with Crippen LogP contribution >= 0.6 is 25.8 Å². The fraction of sp³-hybridized carbons (Fsp3) is 0.522. The molecule has 3 fully saturated rings. The average molecular weight is 1240 g/mol. The smallest absolute Gasteiger partial charge is 0.407 e. The number of nitrogens with one attached hydrogen (secondary N) is 5. The molecule has 0 radical (unpaired) electrons. The van der Waals surface area contributed by atoms with Crippen LogP contribution in [0.15, 0.2) is 49.6 Å². The van der Waals surface area contributed by atoms with Gasteiger partial charge in [0.25, 0.3) is 0 Å². The fourth-order valence-corrected chi connectivity index (χ4v) is 11.8. The zero-order valence-corrected chi connectivity index (χ0v) is 48.0. The van der Waals surface area contributed by atoms with Crippen LogP contribution in [-0.4, -0.2) is 155 Å². The van der Waals surface area contributed by atoms with Crippen molar-refractivity contribution >= 4 is 113 Å². The van der Waals surface area contributed by atoms with Crippen molar-refractivity contribution in [3.05, 3.63) is 55.1 Å². The Morgan fingerprint density at radius 1 is 0.855 bits per heavy atom. The van der Waals surface area contributed by atoms with Crippen LogP contribution in [0.2, 0.25) is 0 Å². The van der Waals surface area contributed by atoms with E-state index >= 15 is 4.39 Å². The summed E-state index contributed by atoms with van der Waals surface area (Å²) in [5.41, 5.74) is 18.6. The molecule has 0 bridgehead atoms. The number of thiol groups is 1. The van der Waals surface area contributed by atoms with Gasteiger partial charge in [0.2, 0.25) is 17.7 Å². The van der Waals surface area contributed by atoms with E-state index in [2.05, 4.69) is 68.7 Å². The van der Waals surface area contributed by atoms with Crippen molar-refractivity contribution in [2.45, 2.75) is 121 Å². The first-order valence-electron chi connectivity index (χ1n) is 25.8. The highest BCUT2D eigenvalue weighted by atomic mass is 32.7. The van der Waals surface area contributed by atoms with Gasteiger partial charge in [0.05, 0.1) is 32.5 Å². The molecule has 6 amide bonds. The van der Waals surface area contributed by atoms with E-state index in [4.69, 9.17) is 66.1 Å². The van der Waals surface area contributed by atoms with Crippen molar-refractivity contribution in [2.24, 2.45) is 11.7 Å². The van der Waals surface area contributed by atoms with Crippen LogP contribution in [0.3, 0.4) is 0 Å². The number of carbonyl (C=O) groups excluding carboxylic acids is 6. The third-order valence-electron chi connectivity index (χ3n) is 13.1. The molecule has 4 aromatic heterocycles. The van der Waals surface area contributed by atoms with Gasteiger partial charge >= 0.3 is 31.6 Å². The lowest BCUT2D eigenvalue weighted by Gasteiger charge is -2.30. The van der Waals surface area contributed by atoms with Crippen LogP contribution in [-0.2, 0) is 79.1 Å². The molecule has 7 heterocycles. The minimum absolute atomic E-state index is 0.00248. The molecular weight excluding hydrogens is 1180 g/mol. The Hall–Kier alpha value is -6.78. The fourth-order valence-electron chi connectivity index (χ4n) is 8.92. The van der Waals surface area contributed by atoms with Crippen molar-refractivity contribution in [1.29, 1.82) is 0 Å². The maximum Gasteiger partial charge on any atom is 0.407 e. The van der Waals surface area contributed by atoms with Gasteiger partial charge in [-0.25, -0.2) is 48.4 Å². The molecule has 8 rings (SSSR count). The minimum atomic E-state index is -4.59. The zero-order valence-electron chi connectivity index (χ0n) is 44.5. The number of ether oxygens (including phenoxy) is 4. The molecule has 5 aromatic rings. The Morgan fingerprint density at radius 2 is 1.48 bits per heavy atom. The third-order valence-corrected chi connectivity index (χ3v) is 16.2. The Balaban J connectivity index is 0.874. The third kappa shape index (κ3) is 15.7. The molecule has 32 nitrogen and oxygen atoms in total. The average Bonchev–Trinajstić information content (AvgIpc) is 3.31. The van der Waals surface area contributed by atoms with Gasteiger partial charge in [-0.3, -0.25) is 41.9 Å². The predicted octanol–water partition coefficient (Wildman–Crippen LogP) is 2.08. The topological polar surface area (TPSA) is 439 Å². The first-order valence-corrected chi connectivity index (χ1v) is 31.0. The molecular formula is C46H61FN16O16P2S2. The highest BCUT2D eigenvalue weighted by Crippen LogP contribution is 2.59. The van der Waals surface area contributed by atoms with Crippen LogP contribution in [0.4, 0.5) is 31.3 Å². The number of carbonyl (C=O) groups is 6. The molecule has 0 saturated carbocycles. The number of alkyl carbamates (subject to hydrolysis) is 1. The first kappa shape index (κ1) is 62.3. The number of hydrogen-bond donors (Lipinski definition) is 10. The molecule has 37 heteroatoms. The van der Waals surface area contributed by atoms with E-state index in [1.54, 1.807) is 45.0 Å². The highest BCUT2D eigenvalue weighted by Gasteiger charge is 2.55. The van der Waals surface area contributed by atoms with Crippen LogP contribution in [0.25, 0.3) is 22.3 Å². The Bertz CT molecular complexity index is 3280. The molecule has 12 atom stereocenters. The van der Waals surface area contributed by atoms with Crippen LogP contribution in [0.5, 0.6) is 0 Å². The van der Waals surface area contributed by atoms with Gasteiger partial charge in [-0.15, -0.1) is 0 Å². The standard InChI is InChI=1S/C46H61FN16O16P2S2/c1-4-28(64)61-31(22(2)3)42(67)60-25(7-5-13-51-45(50)68)41(66)59-24-11-9-23(10-12-24)15-52-46(69)72-14-6-8-29(65)77-36-35-27(76-44(36)63-21-58-33-38(49)54-19-56-40(33)63)17-74-80(70,82)78-34-26(16-73-81(71,83)79-35)75-43(30(34)47)62-20-57-32-37(48)53-18-55-39(32)62/h9-12,18-22,25-27,30-31,34-36,43-44H,4-8,13-17H2,1-3H3,(H,52,69)(H,59,66)(H,60,67)(H,61,64)(H,70,82)(H,71,83)(H2,48,53,55)(H2,49,54,56)(H3,50,51,68)/t25-,26+,27+,30+,31-,34+,35+,36+,43+,44+,80?,81?/m0/s1. The molecule has 83 heavy (non-hydrogen) atoms. The van der Waals surface area contributed by atoms with Crippen LogP contribution in [0, 0.1) is 5.92 Å². The summed E-state index contributed by atoms with van der Waals surface area (Å²) in [5.74, 6) is -2.62. The van der Waals surface area contributed by atoms with Gasteiger partial charge in [-0.2, -0.15) is 0 Å². The van der Waals surface area contributed by atoms with Gasteiger partial charge in [0.1, 0.15) is 60.2 Å². The molecule has 2 unspecified atom stereocenters. The summed E-state index contributed by atoms with van der Waals surface area (Å²) in [7, 11) is 0. The maximum absolute atomic E-state index is 16.5.